The molecule has 0 heterocycles. The second kappa shape index (κ2) is 4.13. The molecule has 76 valence electrons. The lowest BCUT2D eigenvalue weighted by atomic mass is 10.0. The van der Waals surface area contributed by atoms with E-state index in [9.17, 15) is 8.42 Å². The largest absolute Gasteiger partial charge is 0.387 e. The van der Waals surface area contributed by atoms with E-state index in [4.69, 9.17) is 4.18 Å². The third kappa shape index (κ3) is 4.31. The van der Waals surface area contributed by atoms with Crippen molar-refractivity contribution in [3.05, 3.63) is 11.8 Å². The minimum absolute atomic E-state index is 0.617. The Morgan fingerprint density at radius 3 is 2.77 bits per heavy atom. The highest BCUT2D eigenvalue weighted by atomic mass is 32.2. The molecule has 0 unspecified atom stereocenters. The molecule has 0 aromatic carbocycles. The van der Waals surface area contributed by atoms with Crippen LogP contribution in [0.2, 0.25) is 0 Å². The summed E-state index contributed by atoms with van der Waals surface area (Å²) in [6, 6.07) is 0. The summed E-state index contributed by atoms with van der Waals surface area (Å²) < 4.78 is 26.5. The molecule has 1 aliphatic carbocycles. The molecule has 0 saturated carbocycles. The van der Waals surface area contributed by atoms with Crippen LogP contribution in [-0.2, 0) is 14.3 Å². The van der Waals surface area contributed by atoms with E-state index in [-0.39, 0.29) is 0 Å². The third-order valence-electron chi connectivity index (χ3n) is 2.17. The molecule has 0 bridgehead atoms. The Bertz CT molecular complexity index is 290. The van der Waals surface area contributed by atoms with Crippen LogP contribution in [0.3, 0.4) is 0 Å². The van der Waals surface area contributed by atoms with Crippen molar-refractivity contribution in [1.82, 2.24) is 0 Å². The molecule has 3 nitrogen and oxygen atoms in total. The Morgan fingerprint density at radius 2 is 2.15 bits per heavy atom. The highest BCUT2D eigenvalue weighted by Crippen LogP contribution is 2.23. The zero-order chi connectivity index (χ0) is 9.90. The van der Waals surface area contributed by atoms with E-state index in [1.807, 2.05) is 6.08 Å². The monoisotopic (exact) mass is 204 g/mol. The Morgan fingerprint density at radius 1 is 1.46 bits per heavy atom. The van der Waals surface area contributed by atoms with Gasteiger partial charge in [0.1, 0.15) is 5.76 Å². The molecule has 0 saturated heterocycles. The van der Waals surface area contributed by atoms with Gasteiger partial charge >= 0.3 is 10.1 Å². The van der Waals surface area contributed by atoms with Gasteiger partial charge in [0.2, 0.25) is 0 Å². The maximum absolute atomic E-state index is 10.8. The van der Waals surface area contributed by atoms with Crippen molar-refractivity contribution in [1.29, 1.82) is 0 Å². The van der Waals surface area contributed by atoms with E-state index >= 15 is 0 Å². The van der Waals surface area contributed by atoms with Crippen LogP contribution in [0.4, 0.5) is 0 Å². The van der Waals surface area contributed by atoms with E-state index < -0.39 is 10.1 Å². The standard InChI is InChI=1S/C9H16O3S/c1-8-4-3-5-9(7-6-8)12-13(2,10)11/h5,8H,3-4,6-7H2,1-2H3/t8-/m0/s1. The fourth-order valence-electron chi connectivity index (χ4n) is 1.43. The van der Waals surface area contributed by atoms with Crippen molar-refractivity contribution in [3.63, 3.8) is 0 Å². The molecule has 0 aromatic heterocycles. The predicted octanol–water partition coefficient (Wildman–Crippen LogP) is 2.06. The van der Waals surface area contributed by atoms with Crippen molar-refractivity contribution in [2.45, 2.75) is 32.6 Å². The van der Waals surface area contributed by atoms with Gasteiger partial charge in [0.15, 0.2) is 0 Å². The topological polar surface area (TPSA) is 43.4 Å². The van der Waals surface area contributed by atoms with Crippen molar-refractivity contribution in [2.24, 2.45) is 5.92 Å². The molecule has 13 heavy (non-hydrogen) atoms. The molecular weight excluding hydrogens is 188 g/mol. The second-order valence-electron chi connectivity index (χ2n) is 3.68. The third-order valence-corrected chi connectivity index (χ3v) is 2.69. The molecular formula is C9H16O3S. The quantitative estimate of drug-likeness (QED) is 0.647. The van der Waals surface area contributed by atoms with Crippen LogP contribution in [-0.4, -0.2) is 14.7 Å². The van der Waals surface area contributed by atoms with Crippen molar-refractivity contribution < 1.29 is 12.6 Å². The molecule has 0 fully saturated rings. The molecule has 0 spiro atoms. The molecule has 1 rings (SSSR count). The summed E-state index contributed by atoms with van der Waals surface area (Å²) in [6.07, 6.45) is 6.78. The first-order valence-corrected chi connectivity index (χ1v) is 6.37. The fraction of sp³-hybridized carbons (Fsp3) is 0.778. The van der Waals surface area contributed by atoms with Gasteiger partial charge in [0, 0.05) is 6.42 Å². The van der Waals surface area contributed by atoms with Gasteiger partial charge < -0.3 is 4.18 Å². The summed E-state index contributed by atoms with van der Waals surface area (Å²) in [6.45, 7) is 2.18. The minimum atomic E-state index is -3.33. The normalized spacial score (nSPS) is 24.8. The first kappa shape index (κ1) is 10.6. The van der Waals surface area contributed by atoms with Gasteiger partial charge in [0.05, 0.1) is 6.26 Å². The molecule has 0 N–H and O–H groups in total. The Hall–Kier alpha value is -0.510. The molecule has 1 atom stereocenters. The average molecular weight is 204 g/mol. The number of rotatable bonds is 2. The van der Waals surface area contributed by atoms with Crippen LogP contribution in [0.25, 0.3) is 0 Å². The Labute approximate surface area is 79.9 Å². The zero-order valence-electron chi connectivity index (χ0n) is 8.12. The van der Waals surface area contributed by atoms with Gasteiger partial charge in [-0.15, -0.1) is 0 Å². The molecule has 0 aliphatic heterocycles. The number of hydrogen-bond acceptors (Lipinski definition) is 3. The number of hydrogen-bond donors (Lipinski definition) is 0. The summed E-state index contributed by atoms with van der Waals surface area (Å²) in [4.78, 5) is 0. The molecule has 0 aromatic rings. The molecule has 4 heteroatoms. The highest BCUT2D eigenvalue weighted by Gasteiger charge is 2.12. The van der Waals surface area contributed by atoms with Crippen LogP contribution in [0.5, 0.6) is 0 Å². The van der Waals surface area contributed by atoms with Crippen molar-refractivity contribution >= 4 is 10.1 Å². The molecule has 0 amide bonds. The van der Waals surface area contributed by atoms with Gasteiger partial charge in [-0.05, 0) is 31.3 Å². The Balaban J connectivity index is 2.56. The lowest BCUT2D eigenvalue weighted by Gasteiger charge is -2.07. The van der Waals surface area contributed by atoms with Crippen LogP contribution in [0.15, 0.2) is 11.8 Å². The average Bonchev–Trinajstić information content (AvgIpc) is 2.12. The van der Waals surface area contributed by atoms with Crippen LogP contribution in [0.1, 0.15) is 32.6 Å². The maximum atomic E-state index is 10.8. The first-order chi connectivity index (χ1) is 5.97. The summed E-state index contributed by atoms with van der Waals surface area (Å²) in [5, 5.41) is 0. The second-order valence-corrected chi connectivity index (χ2v) is 5.25. The summed E-state index contributed by atoms with van der Waals surface area (Å²) in [7, 11) is -3.33. The van der Waals surface area contributed by atoms with E-state index in [2.05, 4.69) is 6.92 Å². The lowest BCUT2D eigenvalue weighted by Crippen LogP contribution is -2.02. The lowest BCUT2D eigenvalue weighted by molar-refractivity contribution is 0.384. The number of allylic oxidation sites excluding steroid dienone is 2. The van der Waals surface area contributed by atoms with E-state index in [0.717, 1.165) is 31.9 Å². The van der Waals surface area contributed by atoms with Gasteiger partial charge in [-0.3, -0.25) is 0 Å². The van der Waals surface area contributed by atoms with Crippen LogP contribution >= 0.6 is 0 Å². The summed E-state index contributed by atoms with van der Waals surface area (Å²) in [5.41, 5.74) is 0. The summed E-state index contributed by atoms with van der Waals surface area (Å²) in [5.74, 6) is 1.28. The minimum Gasteiger partial charge on any atom is -0.387 e. The maximum Gasteiger partial charge on any atom is 0.305 e. The predicted molar refractivity (Wildman–Crippen MR) is 51.6 cm³/mol. The Kier molecular flexibility index (Phi) is 3.36. The van der Waals surface area contributed by atoms with Gasteiger partial charge in [-0.25, -0.2) is 0 Å². The first-order valence-electron chi connectivity index (χ1n) is 4.56. The van der Waals surface area contributed by atoms with E-state index in [0.29, 0.717) is 11.7 Å². The van der Waals surface area contributed by atoms with Gasteiger partial charge in [-0.1, -0.05) is 6.92 Å². The molecule has 1 aliphatic rings. The van der Waals surface area contributed by atoms with E-state index in [1.165, 1.54) is 0 Å². The fourth-order valence-corrected chi connectivity index (χ4v) is 1.97. The van der Waals surface area contributed by atoms with Gasteiger partial charge in [-0.2, -0.15) is 8.42 Å². The van der Waals surface area contributed by atoms with E-state index in [1.54, 1.807) is 0 Å². The summed E-state index contributed by atoms with van der Waals surface area (Å²) >= 11 is 0. The SMILES string of the molecule is C[C@H]1CCC=C(OS(C)(=O)=O)CC1. The van der Waals surface area contributed by atoms with Crippen molar-refractivity contribution in [2.75, 3.05) is 6.26 Å². The van der Waals surface area contributed by atoms with Crippen LogP contribution < -0.4 is 0 Å². The highest BCUT2D eigenvalue weighted by molar-refractivity contribution is 7.86. The van der Waals surface area contributed by atoms with Crippen molar-refractivity contribution in [3.8, 4) is 0 Å². The zero-order valence-corrected chi connectivity index (χ0v) is 8.93. The van der Waals surface area contributed by atoms with Gasteiger partial charge in [0.25, 0.3) is 0 Å². The van der Waals surface area contributed by atoms with Crippen LogP contribution in [0, 0.1) is 5.92 Å². The smallest absolute Gasteiger partial charge is 0.305 e. The molecule has 0 radical (unpaired) electrons.